The Bertz CT molecular complexity index is 932. The molecule has 1 aliphatic rings. The maximum absolute atomic E-state index is 11.9. The summed E-state index contributed by atoms with van der Waals surface area (Å²) in [6.45, 7) is 2.56. The van der Waals surface area contributed by atoms with E-state index in [0.29, 0.717) is 5.56 Å². The summed E-state index contributed by atoms with van der Waals surface area (Å²) in [7, 11) is 2.06. The summed E-state index contributed by atoms with van der Waals surface area (Å²) < 4.78 is 0. The first kappa shape index (κ1) is 15.9. The largest absolute Gasteiger partial charge is 0.478 e. The number of fused-ring (bicyclic) bond motifs is 1. The number of hydrogen-bond donors (Lipinski definition) is 3. The molecular weight excluding hydrogens is 314 g/mol. The summed E-state index contributed by atoms with van der Waals surface area (Å²) >= 11 is 0. The van der Waals surface area contributed by atoms with Crippen molar-refractivity contribution in [1.29, 1.82) is 0 Å². The third kappa shape index (κ3) is 2.71. The Morgan fingerprint density at radius 3 is 2.76 bits per heavy atom. The number of benzene rings is 2. The molecule has 3 aromatic rings. The van der Waals surface area contributed by atoms with E-state index < -0.39 is 5.97 Å². The van der Waals surface area contributed by atoms with Crippen LogP contribution in [0.3, 0.4) is 0 Å². The standard InChI is InChI=1S/C20H21N3O2/c1-23-11-10-21-12-18(23)19-15(5-2-6-16(19)20(24)25)13-4-3-7-17-14(13)8-9-22-17/h2-9,18,21-22H,10-12H2,1H3,(H,24,25). The summed E-state index contributed by atoms with van der Waals surface area (Å²) in [6.07, 6.45) is 1.92. The number of hydrogen-bond acceptors (Lipinski definition) is 3. The molecule has 1 unspecified atom stereocenters. The zero-order chi connectivity index (χ0) is 17.4. The minimum absolute atomic E-state index is 0.0326. The van der Waals surface area contributed by atoms with Crippen molar-refractivity contribution < 1.29 is 9.90 Å². The predicted molar refractivity (Wildman–Crippen MR) is 98.9 cm³/mol. The van der Waals surface area contributed by atoms with Gasteiger partial charge < -0.3 is 15.4 Å². The van der Waals surface area contributed by atoms with Crippen LogP contribution < -0.4 is 5.32 Å². The maximum atomic E-state index is 11.9. The normalized spacial score (nSPS) is 18.5. The zero-order valence-electron chi connectivity index (χ0n) is 14.1. The Kier molecular flexibility index (Phi) is 4.03. The minimum atomic E-state index is -0.878. The van der Waals surface area contributed by atoms with Gasteiger partial charge in [-0.2, -0.15) is 0 Å². The highest BCUT2D eigenvalue weighted by atomic mass is 16.4. The summed E-state index contributed by atoms with van der Waals surface area (Å²) in [5, 5.41) is 14.3. The van der Waals surface area contributed by atoms with Crippen LogP contribution in [0, 0.1) is 0 Å². The molecule has 1 aliphatic heterocycles. The third-order valence-electron chi connectivity index (χ3n) is 5.07. The number of likely N-dealkylation sites (N-methyl/N-ethyl adjacent to an activating group) is 1. The van der Waals surface area contributed by atoms with Crippen molar-refractivity contribution in [2.75, 3.05) is 26.7 Å². The van der Waals surface area contributed by atoms with Crippen LogP contribution in [0.4, 0.5) is 0 Å². The summed E-state index contributed by atoms with van der Waals surface area (Å²) in [4.78, 5) is 17.4. The lowest BCUT2D eigenvalue weighted by atomic mass is 9.88. The summed E-state index contributed by atoms with van der Waals surface area (Å²) in [5.41, 5.74) is 4.38. The quantitative estimate of drug-likeness (QED) is 0.688. The van der Waals surface area contributed by atoms with Gasteiger partial charge in [0.05, 0.1) is 5.56 Å². The monoisotopic (exact) mass is 335 g/mol. The Morgan fingerprint density at radius 1 is 1.16 bits per heavy atom. The second-order valence-electron chi connectivity index (χ2n) is 6.52. The van der Waals surface area contributed by atoms with Gasteiger partial charge in [-0.1, -0.05) is 24.3 Å². The van der Waals surface area contributed by atoms with E-state index in [2.05, 4.69) is 28.3 Å². The lowest BCUT2D eigenvalue weighted by Gasteiger charge is -2.35. The van der Waals surface area contributed by atoms with E-state index in [4.69, 9.17) is 0 Å². The Balaban J connectivity index is 1.98. The van der Waals surface area contributed by atoms with Gasteiger partial charge in [-0.25, -0.2) is 4.79 Å². The molecule has 128 valence electrons. The molecule has 5 nitrogen and oxygen atoms in total. The van der Waals surface area contributed by atoms with E-state index in [1.165, 1.54) is 0 Å². The van der Waals surface area contributed by atoms with Crippen molar-refractivity contribution in [3.63, 3.8) is 0 Å². The number of nitrogens with one attached hydrogen (secondary N) is 2. The van der Waals surface area contributed by atoms with Crippen molar-refractivity contribution in [1.82, 2.24) is 15.2 Å². The van der Waals surface area contributed by atoms with E-state index in [-0.39, 0.29) is 6.04 Å². The molecule has 0 radical (unpaired) electrons. The fraction of sp³-hybridized carbons (Fsp3) is 0.250. The lowest BCUT2D eigenvalue weighted by molar-refractivity contribution is 0.0692. The number of carboxylic acids is 1. The lowest BCUT2D eigenvalue weighted by Crippen LogP contribution is -2.44. The summed E-state index contributed by atoms with van der Waals surface area (Å²) in [6, 6.07) is 13.8. The number of carbonyl (C=O) groups is 1. The van der Waals surface area contributed by atoms with Gasteiger partial charge in [0.1, 0.15) is 0 Å². The Labute approximate surface area is 146 Å². The highest BCUT2D eigenvalue weighted by Gasteiger charge is 2.28. The van der Waals surface area contributed by atoms with E-state index in [1.54, 1.807) is 6.07 Å². The van der Waals surface area contributed by atoms with Crippen LogP contribution in [-0.4, -0.2) is 47.6 Å². The number of aromatic carboxylic acids is 1. The van der Waals surface area contributed by atoms with Gasteiger partial charge in [-0.15, -0.1) is 0 Å². The number of rotatable bonds is 3. The predicted octanol–water partition coefficient (Wildman–Crippen LogP) is 3.11. The molecule has 1 saturated heterocycles. The second kappa shape index (κ2) is 6.35. The molecule has 0 bridgehead atoms. The molecule has 2 heterocycles. The number of carboxylic acid groups (broad SMARTS) is 1. The molecular formula is C20H21N3O2. The molecule has 5 heteroatoms. The van der Waals surface area contributed by atoms with E-state index in [1.807, 2.05) is 36.5 Å². The molecule has 2 aromatic carbocycles. The molecule has 1 aromatic heterocycles. The first-order chi connectivity index (χ1) is 12.2. The Hall–Kier alpha value is -2.63. The number of aromatic amines is 1. The molecule has 1 fully saturated rings. The average Bonchev–Trinajstić information content (AvgIpc) is 3.10. The minimum Gasteiger partial charge on any atom is -0.478 e. The third-order valence-corrected chi connectivity index (χ3v) is 5.07. The van der Waals surface area contributed by atoms with E-state index in [0.717, 1.165) is 47.2 Å². The summed E-state index contributed by atoms with van der Waals surface area (Å²) in [5.74, 6) is -0.878. The van der Waals surface area contributed by atoms with Crippen LogP contribution in [0.1, 0.15) is 22.0 Å². The van der Waals surface area contributed by atoms with E-state index >= 15 is 0 Å². The highest BCUT2D eigenvalue weighted by Crippen LogP contribution is 2.37. The topological polar surface area (TPSA) is 68.4 Å². The molecule has 25 heavy (non-hydrogen) atoms. The van der Waals surface area contributed by atoms with Crippen molar-refractivity contribution in [3.05, 3.63) is 59.8 Å². The van der Waals surface area contributed by atoms with E-state index in [9.17, 15) is 9.90 Å². The molecule has 0 saturated carbocycles. The fourth-order valence-corrected chi connectivity index (χ4v) is 3.79. The van der Waals surface area contributed by atoms with Gasteiger partial charge in [0.15, 0.2) is 0 Å². The van der Waals surface area contributed by atoms with Gasteiger partial charge in [-0.3, -0.25) is 4.90 Å². The van der Waals surface area contributed by atoms with Crippen LogP contribution in [-0.2, 0) is 0 Å². The van der Waals surface area contributed by atoms with Crippen molar-refractivity contribution in [2.24, 2.45) is 0 Å². The van der Waals surface area contributed by atoms with Gasteiger partial charge in [0, 0.05) is 42.8 Å². The van der Waals surface area contributed by atoms with Crippen LogP contribution >= 0.6 is 0 Å². The maximum Gasteiger partial charge on any atom is 0.336 e. The SMILES string of the molecule is CN1CCNCC1c1c(C(=O)O)cccc1-c1cccc2[nH]ccc12. The smallest absolute Gasteiger partial charge is 0.336 e. The van der Waals surface area contributed by atoms with Crippen molar-refractivity contribution in [3.8, 4) is 11.1 Å². The van der Waals surface area contributed by atoms with Crippen LogP contribution in [0.2, 0.25) is 0 Å². The van der Waals surface area contributed by atoms with Crippen LogP contribution in [0.25, 0.3) is 22.0 Å². The number of H-pyrrole nitrogens is 1. The molecule has 0 amide bonds. The fourth-order valence-electron chi connectivity index (χ4n) is 3.79. The molecule has 4 rings (SSSR count). The molecule has 1 atom stereocenters. The van der Waals surface area contributed by atoms with Gasteiger partial charge in [0.25, 0.3) is 0 Å². The average molecular weight is 335 g/mol. The first-order valence-electron chi connectivity index (χ1n) is 8.50. The van der Waals surface area contributed by atoms with Gasteiger partial charge >= 0.3 is 5.97 Å². The van der Waals surface area contributed by atoms with Gasteiger partial charge in [-0.05, 0) is 41.9 Å². The zero-order valence-corrected chi connectivity index (χ0v) is 14.1. The number of piperazine rings is 1. The first-order valence-corrected chi connectivity index (χ1v) is 8.50. The molecule has 3 N–H and O–H groups in total. The van der Waals surface area contributed by atoms with Crippen molar-refractivity contribution in [2.45, 2.75) is 6.04 Å². The molecule has 0 spiro atoms. The number of nitrogens with zero attached hydrogens (tertiary/aromatic N) is 1. The Morgan fingerprint density at radius 2 is 1.96 bits per heavy atom. The highest BCUT2D eigenvalue weighted by molar-refractivity contribution is 5.99. The number of aromatic nitrogens is 1. The molecule has 0 aliphatic carbocycles. The van der Waals surface area contributed by atoms with Crippen LogP contribution in [0.5, 0.6) is 0 Å². The van der Waals surface area contributed by atoms with Crippen LogP contribution in [0.15, 0.2) is 48.7 Å². The van der Waals surface area contributed by atoms with Gasteiger partial charge in [0.2, 0.25) is 0 Å². The van der Waals surface area contributed by atoms with Crippen molar-refractivity contribution >= 4 is 16.9 Å². The second-order valence-corrected chi connectivity index (χ2v) is 6.52.